The molecule has 86 valence electrons. The number of hydrogen-bond donors (Lipinski definition) is 1. The van der Waals surface area contributed by atoms with Crippen LogP contribution in [0.25, 0.3) is 10.9 Å². The Labute approximate surface area is 99.8 Å². The lowest BCUT2D eigenvalue weighted by Gasteiger charge is -1.95. The minimum absolute atomic E-state index is 0.136. The second-order valence-corrected chi connectivity index (χ2v) is 3.56. The summed E-state index contributed by atoms with van der Waals surface area (Å²) in [6.07, 6.45) is 2.02. The highest BCUT2D eigenvalue weighted by Gasteiger charge is 1.97. The summed E-state index contributed by atoms with van der Waals surface area (Å²) in [7, 11) is 0. The number of ether oxygens (including phenoxy) is 1. The molecule has 0 saturated heterocycles. The molecule has 2 rings (SSSR count). The number of rotatable bonds is 2. The van der Waals surface area contributed by atoms with Crippen LogP contribution in [0.2, 0.25) is 0 Å². The van der Waals surface area contributed by atoms with Crippen LogP contribution in [-0.2, 0) is 9.53 Å². The average molecular weight is 227 g/mol. The zero-order valence-electron chi connectivity index (χ0n) is 9.62. The summed E-state index contributed by atoms with van der Waals surface area (Å²) in [6.45, 7) is 2.18. The molecule has 1 aromatic heterocycles. The number of aromatic nitrogens is 1. The molecule has 0 unspecified atom stereocenters. The molecule has 1 heterocycles. The molecule has 0 bridgehead atoms. The molecule has 0 radical (unpaired) electrons. The van der Waals surface area contributed by atoms with Gasteiger partial charge in [-0.1, -0.05) is 17.9 Å². The largest absolute Gasteiger partial charge is 0.465 e. The van der Waals surface area contributed by atoms with Crippen LogP contribution in [0, 0.1) is 11.8 Å². The van der Waals surface area contributed by atoms with E-state index in [1.54, 1.807) is 6.92 Å². The van der Waals surface area contributed by atoms with E-state index >= 15 is 0 Å². The van der Waals surface area contributed by atoms with Crippen LogP contribution >= 0.6 is 0 Å². The standard InChI is InChI=1S/C14H13NO2/c1-2-17-14(16)5-3-4-11-6-7-12-8-9-15-13(12)10-11/h6-10,15H,2,5H2,1H3. The van der Waals surface area contributed by atoms with Crippen LogP contribution in [0.5, 0.6) is 0 Å². The summed E-state index contributed by atoms with van der Waals surface area (Å²) in [5, 5.41) is 1.15. The molecule has 0 spiro atoms. The zero-order valence-corrected chi connectivity index (χ0v) is 9.62. The van der Waals surface area contributed by atoms with Crippen molar-refractivity contribution < 1.29 is 9.53 Å². The van der Waals surface area contributed by atoms with Crippen molar-refractivity contribution in [2.75, 3.05) is 6.61 Å². The first-order chi connectivity index (χ1) is 8.29. The van der Waals surface area contributed by atoms with E-state index in [1.165, 1.54) is 0 Å². The number of hydrogen-bond acceptors (Lipinski definition) is 2. The van der Waals surface area contributed by atoms with E-state index < -0.39 is 0 Å². The number of fused-ring (bicyclic) bond motifs is 1. The number of carbonyl (C=O) groups is 1. The quantitative estimate of drug-likeness (QED) is 0.632. The summed E-state index contributed by atoms with van der Waals surface area (Å²) >= 11 is 0. The van der Waals surface area contributed by atoms with Gasteiger partial charge in [0.25, 0.3) is 0 Å². The lowest BCUT2D eigenvalue weighted by molar-refractivity contribution is -0.141. The first kappa shape index (κ1) is 11.3. The van der Waals surface area contributed by atoms with Gasteiger partial charge in [-0.15, -0.1) is 0 Å². The Hall–Kier alpha value is -2.21. The van der Waals surface area contributed by atoms with E-state index in [4.69, 9.17) is 4.74 Å². The van der Waals surface area contributed by atoms with Gasteiger partial charge in [0, 0.05) is 17.3 Å². The number of esters is 1. The molecule has 3 nitrogen and oxygen atoms in total. The van der Waals surface area contributed by atoms with Crippen molar-refractivity contribution in [3.63, 3.8) is 0 Å². The molecule has 1 N–H and O–H groups in total. The highest BCUT2D eigenvalue weighted by Crippen LogP contribution is 2.13. The van der Waals surface area contributed by atoms with Gasteiger partial charge in [0.2, 0.25) is 0 Å². The average Bonchev–Trinajstić information content (AvgIpc) is 2.76. The Bertz CT molecular complexity index is 587. The van der Waals surface area contributed by atoms with Crippen LogP contribution in [-0.4, -0.2) is 17.6 Å². The summed E-state index contributed by atoms with van der Waals surface area (Å²) in [5.74, 6) is 5.47. The van der Waals surface area contributed by atoms with Gasteiger partial charge in [0.1, 0.15) is 6.42 Å². The molecule has 2 aromatic rings. The molecule has 0 aliphatic rings. The van der Waals surface area contributed by atoms with Gasteiger partial charge in [-0.25, -0.2) is 0 Å². The summed E-state index contributed by atoms with van der Waals surface area (Å²) in [4.78, 5) is 14.2. The fourth-order valence-electron chi connectivity index (χ4n) is 1.56. The van der Waals surface area contributed by atoms with Crippen LogP contribution < -0.4 is 0 Å². The monoisotopic (exact) mass is 227 g/mol. The molecule has 0 aliphatic carbocycles. The topological polar surface area (TPSA) is 42.1 Å². The molecule has 0 atom stereocenters. The van der Waals surface area contributed by atoms with Crippen molar-refractivity contribution >= 4 is 16.9 Å². The molecular weight excluding hydrogens is 214 g/mol. The first-order valence-corrected chi connectivity index (χ1v) is 5.51. The Balaban J connectivity index is 2.07. The molecule has 0 fully saturated rings. The summed E-state index contributed by atoms with van der Waals surface area (Å²) in [5.41, 5.74) is 1.94. The Kier molecular flexibility index (Phi) is 3.46. The van der Waals surface area contributed by atoms with Crippen molar-refractivity contribution in [2.24, 2.45) is 0 Å². The minimum atomic E-state index is -0.277. The third-order valence-electron chi connectivity index (χ3n) is 2.33. The smallest absolute Gasteiger partial charge is 0.317 e. The van der Waals surface area contributed by atoms with E-state index in [1.807, 2.05) is 30.5 Å². The van der Waals surface area contributed by atoms with Crippen LogP contribution in [0.15, 0.2) is 30.5 Å². The van der Waals surface area contributed by atoms with Crippen LogP contribution in [0.3, 0.4) is 0 Å². The first-order valence-electron chi connectivity index (χ1n) is 5.51. The number of benzene rings is 1. The maximum absolute atomic E-state index is 11.1. The van der Waals surface area contributed by atoms with Gasteiger partial charge in [-0.3, -0.25) is 4.79 Å². The van der Waals surface area contributed by atoms with Gasteiger partial charge in [0.15, 0.2) is 0 Å². The lowest BCUT2D eigenvalue weighted by Crippen LogP contribution is -2.01. The number of nitrogens with one attached hydrogen (secondary N) is 1. The summed E-state index contributed by atoms with van der Waals surface area (Å²) in [6, 6.07) is 7.91. The lowest BCUT2D eigenvalue weighted by atomic mass is 10.1. The SMILES string of the molecule is CCOC(=O)CC#Cc1ccc2cc[nH]c2c1. The number of H-pyrrole nitrogens is 1. The van der Waals surface area contributed by atoms with E-state index in [2.05, 4.69) is 16.8 Å². The number of carbonyl (C=O) groups excluding carboxylic acids is 1. The minimum Gasteiger partial charge on any atom is -0.465 e. The van der Waals surface area contributed by atoms with Gasteiger partial charge in [0.05, 0.1) is 6.61 Å². The van der Waals surface area contributed by atoms with Gasteiger partial charge in [-0.2, -0.15) is 0 Å². The predicted molar refractivity (Wildman–Crippen MR) is 66.4 cm³/mol. The summed E-state index contributed by atoms with van der Waals surface area (Å²) < 4.78 is 4.79. The van der Waals surface area contributed by atoms with Crippen LogP contribution in [0.4, 0.5) is 0 Å². The molecule has 0 amide bonds. The molecule has 17 heavy (non-hydrogen) atoms. The highest BCUT2D eigenvalue weighted by atomic mass is 16.5. The Morgan fingerprint density at radius 3 is 3.12 bits per heavy atom. The molecule has 0 aliphatic heterocycles. The van der Waals surface area contributed by atoms with Crippen LogP contribution in [0.1, 0.15) is 18.9 Å². The molecule has 0 saturated carbocycles. The van der Waals surface area contributed by atoms with E-state index in [9.17, 15) is 4.79 Å². The second-order valence-electron chi connectivity index (χ2n) is 3.56. The van der Waals surface area contributed by atoms with Crippen molar-refractivity contribution in [1.82, 2.24) is 4.98 Å². The second kappa shape index (κ2) is 5.22. The maximum Gasteiger partial charge on any atom is 0.317 e. The van der Waals surface area contributed by atoms with Gasteiger partial charge in [-0.05, 0) is 30.5 Å². The normalized spacial score (nSPS) is 9.71. The van der Waals surface area contributed by atoms with E-state index in [0.717, 1.165) is 16.5 Å². The maximum atomic E-state index is 11.1. The van der Waals surface area contributed by atoms with Gasteiger partial charge >= 0.3 is 5.97 Å². The van der Waals surface area contributed by atoms with Crippen molar-refractivity contribution in [2.45, 2.75) is 13.3 Å². The Morgan fingerprint density at radius 1 is 1.41 bits per heavy atom. The third kappa shape index (κ3) is 2.88. The van der Waals surface area contributed by atoms with Crippen molar-refractivity contribution in [1.29, 1.82) is 0 Å². The predicted octanol–water partition coefficient (Wildman–Crippen LogP) is 2.47. The van der Waals surface area contributed by atoms with Crippen molar-refractivity contribution in [3.05, 3.63) is 36.0 Å². The van der Waals surface area contributed by atoms with E-state index in [-0.39, 0.29) is 12.4 Å². The fourth-order valence-corrected chi connectivity index (χ4v) is 1.56. The molecular formula is C14H13NO2. The molecule has 1 aromatic carbocycles. The molecule has 3 heteroatoms. The number of aromatic amines is 1. The fraction of sp³-hybridized carbons (Fsp3) is 0.214. The van der Waals surface area contributed by atoms with Gasteiger partial charge < -0.3 is 9.72 Å². The van der Waals surface area contributed by atoms with Crippen molar-refractivity contribution in [3.8, 4) is 11.8 Å². The zero-order chi connectivity index (χ0) is 12.1. The highest BCUT2D eigenvalue weighted by molar-refractivity contribution is 5.80. The third-order valence-corrected chi connectivity index (χ3v) is 2.33. The Morgan fingerprint density at radius 2 is 2.29 bits per heavy atom. The van der Waals surface area contributed by atoms with E-state index in [0.29, 0.717) is 6.61 Å².